The quantitative estimate of drug-likeness (QED) is 0.140. The summed E-state index contributed by atoms with van der Waals surface area (Å²) in [4.78, 5) is 38.0. The Bertz CT molecular complexity index is 1270. The first-order valence-corrected chi connectivity index (χ1v) is 17.8. The Morgan fingerprint density at radius 2 is 1.80 bits per heavy atom. The molecule has 10 heteroatoms. The zero-order valence-corrected chi connectivity index (χ0v) is 30.6. The van der Waals surface area contributed by atoms with Crippen molar-refractivity contribution in [3.63, 3.8) is 0 Å². The van der Waals surface area contributed by atoms with Gasteiger partial charge in [0.25, 0.3) is 0 Å². The monoisotopic (exact) mass is 710 g/mol. The van der Waals surface area contributed by atoms with E-state index in [1.54, 1.807) is 19.9 Å². The second-order valence-electron chi connectivity index (χ2n) is 13.9. The number of ketones is 1. The first kappa shape index (κ1) is 38.6. The van der Waals surface area contributed by atoms with E-state index in [4.69, 9.17) is 14.2 Å². The highest BCUT2D eigenvalue weighted by Crippen LogP contribution is 2.48. The number of carboxylic acid groups (broad SMARTS) is 1. The van der Waals surface area contributed by atoms with Crippen molar-refractivity contribution >= 4 is 33.7 Å². The summed E-state index contributed by atoms with van der Waals surface area (Å²) in [5, 5.41) is 32.4. The lowest BCUT2D eigenvalue weighted by Crippen LogP contribution is -2.55. The number of aromatic carboxylic acids is 1. The SMILES string of the molecule is CC[C@@H](C(=O)[C@@H](C)[C@@H](O)[C@H](C)CCc1c(Br)cc(C)c(OC(C)=O)c1C(=O)O)[C@H]1O[C@](CC)([C@H]2CC[C@](O)(CC)[C@H](C)O2)C[C@@H]1C. The summed E-state index contributed by atoms with van der Waals surface area (Å²) in [5.74, 6) is -3.11. The molecule has 0 spiro atoms. The molecule has 0 unspecified atom stereocenters. The van der Waals surface area contributed by atoms with Gasteiger partial charge in [0.05, 0.1) is 35.6 Å². The molecule has 3 N–H and O–H groups in total. The smallest absolute Gasteiger partial charge is 0.339 e. The van der Waals surface area contributed by atoms with Gasteiger partial charge in [0.1, 0.15) is 17.1 Å². The summed E-state index contributed by atoms with van der Waals surface area (Å²) in [7, 11) is 0. The van der Waals surface area contributed by atoms with Gasteiger partial charge in [0.2, 0.25) is 0 Å². The molecule has 2 aliphatic rings. The molecule has 0 amide bonds. The highest BCUT2D eigenvalue weighted by molar-refractivity contribution is 9.10. The molecule has 0 saturated carbocycles. The van der Waals surface area contributed by atoms with Gasteiger partial charge in [-0.1, -0.05) is 57.5 Å². The van der Waals surface area contributed by atoms with Crippen molar-refractivity contribution in [3.8, 4) is 5.75 Å². The van der Waals surface area contributed by atoms with Gasteiger partial charge in [0, 0.05) is 23.2 Å². The second-order valence-corrected chi connectivity index (χ2v) is 14.8. The summed E-state index contributed by atoms with van der Waals surface area (Å²) in [6, 6.07) is 1.72. The molecule has 2 fully saturated rings. The van der Waals surface area contributed by atoms with Gasteiger partial charge in [-0.2, -0.15) is 0 Å². The minimum absolute atomic E-state index is 0.0173. The number of aryl methyl sites for hydroxylation is 1. The first-order chi connectivity index (χ1) is 21.5. The Hall–Kier alpha value is -1.85. The van der Waals surface area contributed by atoms with Crippen LogP contribution in [0.3, 0.4) is 0 Å². The van der Waals surface area contributed by atoms with Crippen LogP contribution in [0.15, 0.2) is 10.5 Å². The molecule has 2 aliphatic heterocycles. The van der Waals surface area contributed by atoms with Crippen molar-refractivity contribution in [1.29, 1.82) is 0 Å². The Balaban J connectivity index is 1.74. The Kier molecular flexibility index (Phi) is 13.1. The number of ether oxygens (including phenoxy) is 3. The maximum absolute atomic E-state index is 14.0. The molecule has 2 heterocycles. The highest BCUT2D eigenvalue weighted by Gasteiger charge is 2.55. The van der Waals surface area contributed by atoms with Crippen LogP contribution in [0, 0.1) is 30.6 Å². The number of carboxylic acids is 1. The van der Waals surface area contributed by atoms with Crippen LogP contribution in [-0.2, 0) is 25.5 Å². The molecule has 1 aromatic rings. The molecule has 46 heavy (non-hydrogen) atoms. The predicted octanol–water partition coefficient (Wildman–Crippen LogP) is 6.82. The van der Waals surface area contributed by atoms with Gasteiger partial charge in [-0.05, 0) is 94.2 Å². The van der Waals surface area contributed by atoms with Gasteiger partial charge in [-0.15, -0.1) is 0 Å². The molecule has 0 aliphatic carbocycles. The van der Waals surface area contributed by atoms with Crippen molar-refractivity contribution < 1.29 is 43.9 Å². The fourth-order valence-electron chi connectivity index (χ4n) is 7.79. The number of halogens is 1. The molecule has 0 radical (unpaired) electrons. The number of carbonyl (C=O) groups excluding carboxylic acids is 2. The molecular weight excluding hydrogens is 656 g/mol. The summed E-state index contributed by atoms with van der Waals surface area (Å²) in [6.07, 6.45) is 3.02. The third-order valence-electron chi connectivity index (χ3n) is 10.9. The van der Waals surface area contributed by atoms with Crippen LogP contribution in [0.1, 0.15) is 122 Å². The van der Waals surface area contributed by atoms with E-state index in [1.165, 1.54) is 6.92 Å². The molecule has 0 bridgehead atoms. The third-order valence-corrected chi connectivity index (χ3v) is 11.6. The second kappa shape index (κ2) is 15.6. The number of rotatable bonds is 14. The Morgan fingerprint density at radius 3 is 2.33 bits per heavy atom. The van der Waals surface area contributed by atoms with E-state index in [0.717, 1.165) is 12.8 Å². The van der Waals surface area contributed by atoms with Crippen LogP contribution in [0.4, 0.5) is 0 Å². The topological polar surface area (TPSA) is 140 Å². The number of Topliss-reactive ketones (excluding diaryl/α,β-unsaturated/α-hetero) is 1. The van der Waals surface area contributed by atoms with E-state index < -0.39 is 41.1 Å². The van der Waals surface area contributed by atoms with Crippen LogP contribution >= 0.6 is 15.9 Å². The summed E-state index contributed by atoms with van der Waals surface area (Å²) >= 11 is 3.48. The molecule has 1 aromatic carbocycles. The largest absolute Gasteiger partial charge is 0.478 e. The van der Waals surface area contributed by atoms with Gasteiger partial charge in [-0.3, -0.25) is 9.59 Å². The van der Waals surface area contributed by atoms with Crippen LogP contribution in [0.25, 0.3) is 0 Å². The van der Waals surface area contributed by atoms with Gasteiger partial charge in [-0.25, -0.2) is 4.79 Å². The lowest BCUT2D eigenvalue weighted by atomic mass is 9.76. The van der Waals surface area contributed by atoms with Gasteiger partial charge >= 0.3 is 11.9 Å². The van der Waals surface area contributed by atoms with E-state index in [1.807, 2.05) is 27.7 Å². The normalized spacial score (nSPS) is 30.8. The summed E-state index contributed by atoms with van der Waals surface area (Å²) in [5.41, 5.74) is -0.469. The molecule has 0 aromatic heterocycles. The van der Waals surface area contributed by atoms with E-state index in [-0.39, 0.29) is 47.2 Å². The number of hydrogen-bond acceptors (Lipinski definition) is 8. The maximum Gasteiger partial charge on any atom is 0.339 e. The van der Waals surface area contributed by atoms with E-state index in [2.05, 4.69) is 29.8 Å². The van der Waals surface area contributed by atoms with E-state index in [0.29, 0.717) is 54.1 Å². The van der Waals surface area contributed by atoms with Crippen molar-refractivity contribution in [2.24, 2.45) is 23.7 Å². The Labute approximate surface area is 282 Å². The van der Waals surface area contributed by atoms with Crippen molar-refractivity contribution in [2.75, 3.05) is 0 Å². The average molecular weight is 712 g/mol. The minimum Gasteiger partial charge on any atom is -0.478 e. The van der Waals surface area contributed by atoms with E-state index >= 15 is 0 Å². The standard InChI is InChI=1S/C36H55BrO9/c1-10-25(32-21(6)18-36(12-3,46-32)28-15-16-35(43,11-2)23(8)44-28)31(40)22(7)30(39)19(4)13-14-26-27(37)17-20(5)33(45-24(9)38)29(26)34(41)42/h17,19,21-23,25,28,30,32,39,43H,10-16,18H2,1-9H3,(H,41,42)/t19-,21+,22+,23+,25+,28-,30+,32+,35-,36+/m1/s1. The van der Waals surface area contributed by atoms with E-state index in [9.17, 15) is 29.7 Å². The van der Waals surface area contributed by atoms with Crippen LogP contribution in [0.5, 0.6) is 5.75 Å². The highest BCUT2D eigenvalue weighted by atomic mass is 79.9. The molecule has 9 nitrogen and oxygen atoms in total. The lowest BCUT2D eigenvalue weighted by Gasteiger charge is -2.47. The molecular formula is C36H55BrO9. The minimum atomic E-state index is -1.21. The molecule has 2 saturated heterocycles. The number of aliphatic hydroxyl groups is 2. The zero-order chi connectivity index (χ0) is 34.7. The number of esters is 1. The fraction of sp³-hybridized carbons (Fsp3) is 0.750. The maximum atomic E-state index is 14.0. The van der Waals surface area contributed by atoms with Crippen LogP contribution < -0.4 is 4.74 Å². The van der Waals surface area contributed by atoms with Gasteiger partial charge < -0.3 is 29.5 Å². The molecule has 3 rings (SSSR count). The van der Waals surface area contributed by atoms with Crippen molar-refractivity contribution in [3.05, 3.63) is 27.2 Å². The lowest BCUT2D eigenvalue weighted by molar-refractivity contribution is -0.229. The Morgan fingerprint density at radius 1 is 1.15 bits per heavy atom. The zero-order valence-electron chi connectivity index (χ0n) is 29.0. The number of benzene rings is 1. The van der Waals surface area contributed by atoms with Crippen molar-refractivity contribution in [1.82, 2.24) is 0 Å². The van der Waals surface area contributed by atoms with Crippen molar-refractivity contribution in [2.45, 2.75) is 149 Å². The molecule has 10 atom stereocenters. The van der Waals surface area contributed by atoms with Crippen LogP contribution in [0.2, 0.25) is 0 Å². The number of carbonyl (C=O) groups is 3. The summed E-state index contributed by atoms with van der Waals surface area (Å²) in [6.45, 7) is 16.6. The summed E-state index contributed by atoms with van der Waals surface area (Å²) < 4.78 is 19.1. The predicted molar refractivity (Wildman–Crippen MR) is 179 cm³/mol. The number of hydrogen-bond donors (Lipinski definition) is 3. The first-order valence-electron chi connectivity index (χ1n) is 17.0. The molecule has 260 valence electrons. The fourth-order valence-corrected chi connectivity index (χ4v) is 8.53. The average Bonchev–Trinajstić information content (AvgIpc) is 3.34. The third kappa shape index (κ3) is 7.88. The van der Waals surface area contributed by atoms with Crippen LogP contribution in [-0.4, -0.2) is 68.7 Å². The number of aliphatic hydroxyl groups excluding tert-OH is 1. The van der Waals surface area contributed by atoms with Gasteiger partial charge in [0.15, 0.2) is 0 Å².